The molecule has 2 heterocycles. The third-order valence-electron chi connectivity index (χ3n) is 2.48. The first-order valence-electron chi connectivity index (χ1n) is 6.00. The van der Waals surface area contributed by atoms with E-state index in [9.17, 15) is 0 Å². The van der Waals surface area contributed by atoms with Crippen molar-refractivity contribution in [3.05, 3.63) is 23.6 Å². The van der Waals surface area contributed by atoms with Crippen LogP contribution < -0.4 is 5.73 Å². The van der Waals surface area contributed by atoms with Crippen LogP contribution in [0.25, 0.3) is 0 Å². The van der Waals surface area contributed by atoms with E-state index in [2.05, 4.69) is 27.4 Å². The molecule has 2 N–H and O–H groups in total. The first-order chi connectivity index (χ1) is 8.49. The van der Waals surface area contributed by atoms with Gasteiger partial charge in [0.1, 0.15) is 12.2 Å². The summed E-state index contributed by atoms with van der Waals surface area (Å²) in [5.41, 5.74) is 6.17. The van der Waals surface area contributed by atoms with Crippen LogP contribution in [0, 0.1) is 0 Å². The maximum Gasteiger partial charge on any atom is 0.248 e. The maximum absolute atomic E-state index is 5.94. The molecule has 0 aliphatic heterocycles. The predicted molar refractivity (Wildman–Crippen MR) is 64.6 cm³/mol. The Kier molecular flexibility index (Phi) is 3.42. The minimum Gasteiger partial charge on any atom is -0.337 e. The van der Waals surface area contributed by atoms with Crippen LogP contribution in [0.1, 0.15) is 44.6 Å². The molecule has 0 fully saturated rings. The summed E-state index contributed by atoms with van der Waals surface area (Å²) in [5, 5.41) is 11.9. The minimum atomic E-state index is -0.500. The highest BCUT2D eigenvalue weighted by Crippen LogP contribution is 2.13. The van der Waals surface area contributed by atoms with E-state index < -0.39 is 5.54 Å². The molecule has 0 aromatic carbocycles. The molecule has 2 aromatic heterocycles. The average molecular weight is 250 g/mol. The van der Waals surface area contributed by atoms with Crippen molar-refractivity contribution in [2.75, 3.05) is 0 Å². The van der Waals surface area contributed by atoms with Gasteiger partial charge < -0.3 is 10.3 Å². The monoisotopic (exact) mass is 250 g/mol. The summed E-state index contributed by atoms with van der Waals surface area (Å²) in [4.78, 5) is 4.27. The number of nitrogens with two attached hydrogens (primary N) is 1. The molecule has 2 aromatic rings. The van der Waals surface area contributed by atoms with Crippen LogP contribution in [0.2, 0.25) is 0 Å². The fourth-order valence-electron chi connectivity index (χ4n) is 1.49. The Bertz CT molecular complexity index is 510. The van der Waals surface area contributed by atoms with Crippen molar-refractivity contribution in [3.63, 3.8) is 0 Å². The summed E-state index contributed by atoms with van der Waals surface area (Å²) < 4.78 is 6.78. The SMILES string of the molecule is CCCc1noc(Cn2cc(C(C)(C)N)nn2)n1. The molecule has 7 nitrogen and oxygen atoms in total. The second-order valence-electron chi connectivity index (χ2n) is 4.88. The first-order valence-corrected chi connectivity index (χ1v) is 6.00. The molecule has 7 heteroatoms. The van der Waals surface area contributed by atoms with Gasteiger partial charge in [-0.05, 0) is 20.3 Å². The number of rotatable bonds is 5. The van der Waals surface area contributed by atoms with E-state index in [4.69, 9.17) is 10.3 Å². The lowest BCUT2D eigenvalue weighted by atomic mass is 10.0. The van der Waals surface area contributed by atoms with Gasteiger partial charge in [0.25, 0.3) is 0 Å². The van der Waals surface area contributed by atoms with Gasteiger partial charge in [-0.3, -0.25) is 0 Å². The second kappa shape index (κ2) is 4.85. The lowest BCUT2D eigenvalue weighted by molar-refractivity contribution is 0.359. The van der Waals surface area contributed by atoms with Crippen LogP contribution in [-0.2, 0) is 18.5 Å². The van der Waals surface area contributed by atoms with Crippen molar-refractivity contribution in [2.24, 2.45) is 5.73 Å². The van der Waals surface area contributed by atoms with E-state index in [1.165, 1.54) is 0 Å². The second-order valence-corrected chi connectivity index (χ2v) is 4.88. The highest BCUT2D eigenvalue weighted by Gasteiger charge is 2.18. The summed E-state index contributed by atoms with van der Waals surface area (Å²) in [6.45, 7) is 6.25. The van der Waals surface area contributed by atoms with E-state index >= 15 is 0 Å². The van der Waals surface area contributed by atoms with Gasteiger partial charge in [-0.2, -0.15) is 4.98 Å². The molecule has 0 spiro atoms. The molecule has 0 radical (unpaired) electrons. The van der Waals surface area contributed by atoms with Crippen molar-refractivity contribution in [2.45, 2.75) is 45.7 Å². The molecule has 2 rings (SSSR count). The Labute approximate surface area is 105 Å². The fourth-order valence-corrected chi connectivity index (χ4v) is 1.49. The third-order valence-corrected chi connectivity index (χ3v) is 2.48. The lowest BCUT2D eigenvalue weighted by Gasteiger charge is -2.13. The van der Waals surface area contributed by atoms with Crippen LogP contribution in [-0.4, -0.2) is 25.1 Å². The quantitative estimate of drug-likeness (QED) is 0.845. The van der Waals surface area contributed by atoms with Gasteiger partial charge in [0.15, 0.2) is 5.82 Å². The number of nitrogens with zero attached hydrogens (tertiary/aromatic N) is 5. The van der Waals surface area contributed by atoms with Crippen molar-refractivity contribution in [3.8, 4) is 0 Å². The largest absolute Gasteiger partial charge is 0.337 e. The van der Waals surface area contributed by atoms with E-state index in [1.807, 2.05) is 13.8 Å². The van der Waals surface area contributed by atoms with E-state index in [0.29, 0.717) is 12.4 Å². The number of hydrogen-bond donors (Lipinski definition) is 1. The van der Waals surface area contributed by atoms with Crippen LogP contribution in [0.5, 0.6) is 0 Å². The normalized spacial score (nSPS) is 12.0. The fraction of sp³-hybridized carbons (Fsp3) is 0.636. The molecule has 98 valence electrons. The standard InChI is InChI=1S/C11H18N6O/c1-4-5-9-13-10(18-15-9)7-17-6-8(14-16-17)11(2,3)12/h6H,4-5,7,12H2,1-3H3. The van der Waals surface area contributed by atoms with Gasteiger partial charge in [0.2, 0.25) is 5.89 Å². The van der Waals surface area contributed by atoms with E-state index in [0.717, 1.165) is 24.4 Å². The Balaban J connectivity index is 2.06. The Morgan fingerprint density at radius 3 is 2.83 bits per heavy atom. The predicted octanol–water partition coefficient (Wildman–Crippen LogP) is 0.856. The van der Waals surface area contributed by atoms with Crippen LogP contribution >= 0.6 is 0 Å². The van der Waals surface area contributed by atoms with Crippen molar-refractivity contribution in [1.29, 1.82) is 0 Å². The maximum atomic E-state index is 5.94. The van der Waals surface area contributed by atoms with Gasteiger partial charge in [-0.1, -0.05) is 17.3 Å². The number of hydrogen-bond acceptors (Lipinski definition) is 6. The van der Waals surface area contributed by atoms with Crippen molar-refractivity contribution < 1.29 is 4.52 Å². The molecular weight excluding hydrogens is 232 g/mol. The zero-order valence-electron chi connectivity index (χ0n) is 10.9. The van der Waals surface area contributed by atoms with Crippen molar-refractivity contribution in [1.82, 2.24) is 25.1 Å². The molecule has 0 saturated heterocycles. The zero-order valence-corrected chi connectivity index (χ0v) is 10.9. The molecule has 0 amide bonds. The zero-order chi connectivity index (χ0) is 13.2. The van der Waals surface area contributed by atoms with Gasteiger partial charge >= 0.3 is 0 Å². The summed E-state index contributed by atoms with van der Waals surface area (Å²) in [6, 6.07) is 0. The number of aromatic nitrogens is 5. The molecule has 0 aliphatic rings. The van der Waals surface area contributed by atoms with Crippen LogP contribution in [0.3, 0.4) is 0 Å². The molecule has 0 aliphatic carbocycles. The lowest BCUT2D eigenvalue weighted by Crippen LogP contribution is -2.29. The first kappa shape index (κ1) is 12.7. The van der Waals surface area contributed by atoms with Gasteiger partial charge in [-0.15, -0.1) is 5.10 Å². The van der Waals surface area contributed by atoms with Crippen LogP contribution in [0.4, 0.5) is 0 Å². The summed E-state index contributed by atoms with van der Waals surface area (Å²) in [5.74, 6) is 1.26. The highest BCUT2D eigenvalue weighted by atomic mass is 16.5. The third kappa shape index (κ3) is 2.92. The summed E-state index contributed by atoms with van der Waals surface area (Å²) in [7, 11) is 0. The van der Waals surface area contributed by atoms with Gasteiger partial charge in [-0.25, -0.2) is 4.68 Å². The van der Waals surface area contributed by atoms with Gasteiger partial charge in [0.05, 0.1) is 11.7 Å². The van der Waals surface area contributed by atoms with Gasteiger partial charge in [0, 0.05) is 6.42 Å². The molecule has 0 bridgehead atoms. The van der Waals surface area contributed by atoms with Crippen LogP contribution in [0.15, 0.2) is 10.7 Å². The van der Waals surface area contributed by atoms with E-state index in [1.54, 1.807) is 10.9 Å². The minimum absolute atomic E-state index is 0.416. The van der Waals surface area contributed by atoms with E-state index in [-0.39, 0.29) is 0 Å². The molecule has 0 atom stereocenters. The Morgan fingerprint density at radius 1 is 1.44 bits per heavy atom. The summed E-state index contributed by atoms with van der Waals surface area (Å²) in [6.07, 6.45) is 3.61. The molecule has 18 heavy (non-hydrogen) atoms. The van der Waals surface area contributed by atoms with Crippen molar-refractivity contribution >= 4 is 0 Å². The smallest absolute Gasteiger partial charge is 0.248 e. The Hall–Kier alpha value is -1.76. The topological polar surface area (TPSA) is 95.7 Å². The highest BCUT2D eigenvalue weighted by molar-refractivity contribution is 5.05. The number of aryl methyl sites for hydroxylation is 1. The molecule has 0 saturated carbocycles. The molecule has 0 unspecified atom stereocenters. The Morgan fingerprint density at radius 2 is 2.22 bits per heavy atom. The summed E-state index contributed by atoms with van der Waals surface area (Å²) >= 11 is 0. The average Bonchev–Trinajstić information content (AvgIpc) is 2.88. The molecular formula is C11H18N6O.